The van der Waals surface area contributed by atoms with E-state index >= 15 is 0 Å². The molecule has 1 aliphatic heterocycles. The van der Waals surface area contributed by atoms with E-state index in [0.29, 0.717) is 6.42 Å². The third-order valence-corrected chi connectivity index (χ3v) is 5.09. The monoisotopic (exact) mass is 361 g/mol. The van der Waals surface area contributed by atoms with Crippen LogP contribution < -0.4 is 9.64 Å². The van der Waals surface area contributed by atoms with Gasteiger partial charge in [0.15, 0.2) is 0 Å². The lowest BCUT2D eigenvalue weighted by atomic mass is 9.96. The van der Waals surface area contributed by atoms with Gasteiger partial charge in [-0.05, 0) is 54.7 Å². The Bertz CT molecular complexity index is 963. The Hall–Kier alpha value is -3.08. The molecule has 2 aromatic carbocycles. The molecular weight excluding hydrogens is 338 g/mol. The summed E-state index contributed by atoms with van der Waals surface area (Å²) < 4.78 is 7.35. The summed E-state index contributed by atoms with van der Waals surface area (Å²) in [4.78, 5) is 15.0. The van der Waals surface area contributed by atoms with Gasteiger partial charge in [0, 0.05) is 12.7 Å². The van der Waals surface area contributed by atoms with Crippen molar-refractivity contribution in [2.45, 2.75) is 26.2 Å². The highest BCUT2D eigenvalue weighted by molar-refractivity contribution is 5.97. The molecule has 5 nitrogen and oxygen atoms in total. The first-order valence-electron chi connectivity index (χ1n) is 9.23. The zero-order valence-electron chi connectivity index (χ0n) is 15.7. The SMILES string of the molecule is COc1ccc(C)c2c1N(C(=O)Cc1cnn(-c3ccccc3)c1)CCC2. The molecule has 27 heavy (non-hydrogen) atoms. The molecular formula is C22H23N3O2. The highest BCUT2D eigenvalue weighted by atomic mass is 16.5. The standard InChI is InChI=1S/C22H23N3O2/c1-16-10-11-20(27-2)22-19(16)9-6-12-24(22)21(26)13-17-14-23-25(15-17)18-7-4-3-5-8-18/h3-5,7-8,10-11,14-15H,6,9,12-13H2,1-2H3. The predicted molar refractivity (Wildman–Crippen MR) is 106 cm³/mol. The fourth-order valence-electron chi connectivity index (χ4n) is 3.71. The van der Waals surface area contributed by atoms with E-state index in [-0.39, 0.29) is 5.91 Å². The summed E-state index contributed by atoms with van der Waals surface area (Å²) >= 11 is 0. The van der Waals surface area contributed by atoms with E-state index in [0.717, 1.165) is 42.1 Å². The maximum absolute atomic E-state index is 13.1. The lowest BCUT2D eigenvalue weighted by molar-refractivity contribution is -0.118. The zero-order chi connectivity index (χ0) is 18.8. The van der Waals surface area contributed by atoms with Gasteiger partial charge in [-0.1, -0.05) is 24.3 Å². The van der Waals surface area contributed by atoms with Crippen molar-refractivity contribution >= 4 is 11.6 Å². The smallest absolute Gasteiger partial charge is 0.231 e. The number of methoxy groups -OCH3 is 1. The van der Waals surface area contributed by atoms with Crippen LogP contribution in [0.1, 0.15) is 23.1 Å². The first-order chi connectivity index (χ1) is 13.2. The minimum atomic E-state index is 0.0764. The van der Waals surface area contributed by atoms with Gasteiger partial charge >= 0.3 is 0 Å². The van der Waals surface area contributed by atoms with Crippen LogP contribution in [0, 0.1) is 6.92 Å². The van der Waals surface area contributed by atoms with Gasteiger partial charge in [-0.3, -0.25) is 4.79 Å². The summed E-state index contributed by atoms with van der Waals surface area (Å²) in [6, 6.07) is 13.9. The minimum Gasteiger partial charge on any atom is -0.495 e. The Morgan fingerprint density at radius 3 is 2.78 bits per heavy atom. The number of fused-ring (bicyclic) bond motifs is 1. The average Bonchev–Trinajstić information content (AvgIpc) is 3.17. The van der Waals surface area contributed by atoms with E-state index in [1.54, 1.807) is 18.0 Å². The van der Waals surface area contributed by atoms with Crippen molar-refractivity contribution in [1.29, 1.82) is 0 Å². The number of aryl methyl sites for hydroxylation is 1. The Balaban J connectivity index is 1.59. The zero-order valence-corrected chi connectivity index (χ0v) is 15.7. The number of ether oxygens (including phenoxy) is 1. The molecule has 0 spiro atoms. The number of benzene rings is 2. The highest BCUT2D eigenvalue weighted by Gasteiger charge is 2.27. The van der Waals surface area contributed by atoms with Gasteiger partial charge in [0.2, 0.25) is 5.91 Å². The number of rotatable bonds is 4. The predicted octanol–water partition coefficient (Wildman–Crippen LogP) is 3.71. The number of para-hydroxylation sites is 1. The third-order valence-electron chi connectivity index (χ3n) is 5.09. The van der Waals surface area contributed by atoms with Crippen LogP contribution in [-0.4, -0.2) is 29.3 Å². The number of nitrogens with zero attached hydrogens (tertiary/aromatic N) is 3. The quantitative estimate of drug-likeness (QED) is 0.712. The Kier molecular flexibility index (Phi) is 4.67. The molecule has 0 bridgehead atoms. The van der Waals surface area contributed by atoms with Crippen molar-refractivity contribution in [3.05, 3.63) is 71.5 Å². The van der Waals surface area contributed by atoms with Crippen molar-refractivity contribution in [2.24, 2.45) is 0 Å². The second-order valence-corrected chi connectivity index (χ2v) is 6.87. The van der Waals surface area contributed by atoms with Gasteiger partial charge in [0.05, 0.1) is 31.1 Å². The molecule has 138 valence electrons. The lowest BCUT2D eigenvalue weighted by Crippen LogP contribution is -2.37. The Labute approximate surface area is 159 Å². The normalized spacial score (nSPS) is 13.3. The number of aromatic nitrogens is 2. The van der Waals surface area contributed by atoms with Crippen molar-refractivity contribution in [3.63, 3.8) is 0 Å². The molecule has 0 radical (unpaired) electrons. The van der Waals surface area contributed by atoms with E-state index in [1.807, 2.05) is 47.5 Å². The van der Waals surface area contributed by atoms with E-state index in [1.165, 1.54) is 11.1 Å². The molecule has 2 heterocycles. The summed E-state index contributed by atoms with van der Waals surface area (Å²) in [5.74, 6) is 0.844. The molecule has 0 saturated heterocycles. The van der Waals surface area contributed by atoms with Crippen molar-refractivity contribution in [1.82, 2.24) is 9.78 Å². The second-order valence-electron chi connectivity index (χ2n) is 6.87. The molecule has 1 aromatic heterocycles. The first-order valence-corrected chi connectivity index (χ1v) is 9.23. The van der Waals surface area contributed by atoms with Crippen LogP contribution in [0.25, 0.3) is 5.69 Å². The minimum absolute atomic E-state index is 0.0764. The van der Waals surface area contributed by atoms with E-state index in [4.69, 9.17) is 4.74 Å². The van der Waals surface area contributed by atoms with Crippen LogP contribution in [0.3, 0.4) is 0 Å². The molecule has 1 amide bonds. The highest BCUT2D eigenvalue weighted by Crippen LogP contribution is 2.38. The first kappa shape index (κ1) is 17.3. The van der Waals surface area contributed by atoms with Gasteiger partial charge in [-0.25, -0.2) is 4.68 Å². The van der Waals surface area contributed by atoms with E-state index < -0.39 is 0 Å². The molecule has 4 rings (SSSR count). The number of amides is 1. The molecule has 0 unspecified atom stereocenters. The molecule has 0 N–H and O–H groups in total. The number of carbonyl (C=O) groups is 1. The summed E-state index contributed by atoms with van der Waals surface area (Å²) in [5.41, 5.74) is 5.25. The maximum Gasteiger partial charge on any atom is 0.231 e. The number of hydrogen-bond donors (Lipinski definition) is 0. The van der Waals surface area contributed by atoms with Crippen LogP contribution in [0.2, 0.25) is 0 Å². The molecule has 0 saturated carbocycles. The molecule has 0 aliphatic carbocycles. The van der Waals surface area contributed by atoms with Crippen LogP contribution in [0.15, 0.2) is 54.9 Å². The molecule has 0 atom stereocenters. The van der Waals surface area contributed by atoms with Crippen LogP contribution in [-0.2, 0) is 17.6 Å². The largest absolute Gasteiger partial charge is 0.495 e. The Morgan fingerprint density at radius 2 is 2.00 bits per heavy atom. The number of anilines is 1. The van der Waals surface area contributed by atoms with Crippen LogP contribution in [0.4, 0.5) is 5.69 Å². The topological polar surface area (TPSA) is 47.4 Å². The Morgan fingerprint density at radius 1 is 1.19 bits per heavy atom. The van der Waals surface area contributed by atoms with Gasteiger partial charge < -0.3 is 9.64 Å². The van der Waals surface area contributed by atoms with Crippen molar-refractivity contribution in [3.8, 4) is 11.4 Å². The summed E-state index contributed by atoms with van der Waals surface area (Å²) in [7, 11) is 1.66. The molecule has 3 aromatic rings. The van der Waals surface area contributed by atoms with Crippen molar-refractivity contribution in [2.75, 3.05) is 18.6 Å². The maximum atomic E-state index is 13.1. The summed E-state index contributed by atoms with van der Waals surface area (Å²) in [5, 5.41) is 4.40. The van der Waals surface area contributed by atoms with E-state index in [9.17, 15) is 4.79 Å². The molecule has 0 fully saturated rings. The number of hydrogen-bond acceptors (Lipinski definition) is 3. The summed E-state index contributed by atoms with van der Waals surface area (Å²) in [6.07, 6.45) is 5.96. The molecule has 1 aliphatic rings. The fraction of sp³-hybridized carbons (Fsp3) is 0.273. The van der Waals surface area contributed by atoms with E-state index in [2.05, 4.69) is 18.1 Å². The van der Waals surface area contributed by atoms with Crippen LogP contribution in [0.5, 0.6) is 5.75 Å². The lowest BCUT2D eigenvalue weighted by Gasteiger charge is -2.32. The second kappa shape index (κ2) is 7.27. The van der Waals surface area contributed by atoms with Gasteiger partial charge in [-0.2, -0.15) is 5.10 Å². The summed E-state index contributed by atoms with van der Waals surface area (Å²) in [6.45, 7) is 2.81. The van der Waals surface area contributed by atoms with Gasteiger partial charge in [-0.15, -0.1) is 0 Å². The van der Waals surface area contributed by atoms with Gasteiger partial charge in [0.25, 0.3) is 0 Å². The van der Waals surface area contributed by atoms with Crippen molar-refractivity contribution < 1.29 is 9.53 Å². The van der Waals surface area contributed by atoms with Crippen LogP contribution >= 0.6 is 0 Å². The number of carbonyl (C=O) groups excluding carboxylic acids is 1. The van der Waals surface area contributed by atoms with Gasteiger partial charge in [0.1, 0.15) is 5.75 Å². The third kappa shape index (κ3) is 3.33. The average molecular weight is 361 g/mol. The molecule has 5 heteroatoms. The fourth-order valence-corrected chi connectivity index (χ4v) is 3.71.